The lowest BCUT2D eigenvalue weighted by molar-refractivity contribution is -0.0493. The standard InChI is InChI=1S/C18H22N2O/c1-20-15-6-7-16(20)11-18(21,10-15)14-4-2-13(3-5-14)17(12-19)8-9-17/h2-5,15-16,21H,6-11H2,1H3. The van der Waals surface area contributed by atoms with E-state index in [0.29, 0.717) is 12.1 Å². The van der Waals surface area contributed by atoms with Crippen LogP contribution in [0.4, 0.5) is 0 Å². The smallest absolute Gasteiger partial charge is 0.0926 e. The molecule has 1 saturated carbocycles. The van der Waals surface area contributed by atoms with E-state index < -0.39 is 5.60 Å². The molecule has 1 aromatic carbocycles. The zero-order chi connectivity index (χ0) is 14.7. The van der Waals surface area contributed by atoms with Crippen molar-refractivity contribution in [3.8, 4) is 6.07 Å². The highest BCUT2D eigenvalue weighted by atomic mass is 16.3. The summed E-state index contributed by atoms with van der Waals surface area (Å²) in [5, 5.41) is 20.4. The summed E-state index contributed by atoms with van der Waals surface area (Å²) in [6, 6.07) is 11.7. The molecule has 2 saturated heterocycles. The predicted molar refractivity (Wildman–Crippen MR) is 80.7 cm³/mol. The molecule has 2 atom stereocenters. The second kappa shape index (κ2) is 4.32. The van der Waals surface area contributed by atoms with Gasteiger partial charge in [0.25, 0.3) is 0 Å². The maximum absolute atomic E-state index is 11.1. The lowest BCUT2D eigenvalue weighted by Gasteiger charge is -2.42. The van der Waals surface area contributed by atoms with E-state index in [2.05, 4.69) is 42.3 Å². The van der Waals surface area contributed by atoms with Crippen molar-refractivity contribution in [1.29, 1.82) is 5.26 Å². The number of nitrogens with zero attached hydrogens (tertiary/aromatic N) is 2. The number of benzene rings is 1. The molecule has 0 radical (unpaired) electrons. The Kier molecular flexibility index (Phi) is 2.73. The van der Waals surface area contributed by atoms with Crippen LogP contribution in [-0.4, -0.2) is 29.1 Å². The second-order valence-corrected chi connectivity index (χ2v) is 7.26. The second-order valence-electron chi connectivity index (χ2n) is 7.26. The van der Waals surface area contributed by atoms with Crippen LogP contribution in [0.3, 0.4) is 0 Å². The Labute approximate surface area is 126 Å². The minimum atomic E-state index is -0.680. The van der Waals surface area contributed by atoms with E-state index in [0.717, 1.165) is 36.8 Å². The molecule has 4 rings (SSSR count). The van der Waals surface area contributed by atoms with E-state index in [1.54, 1.807) is 0 Å². The van der Waals surface area contributed by atoms with E-state index in [9.17, 15) is 10.4 Å². The van der Waals surface area contributed by atoms with Crippen LogP contribution < -0.4 is 0 Å². The van der Waals surface area contributed by atoms with Crippen molar-refractivity contribution >= 4 is 0 Å². The summed E-state index contributed by atoms with van der Waals surface area (Å²) in [7, 11) is 2.19. The summed E-state index contributed by atoms with van der Waals surface area (Å²) in [4.78, 5) is 2.44. The van der Waals surface area contributed by atoms with Gasteiger partial charge < -0.3 is 10.0 Å². The molecule has 3 aliphatic rings. The summed E-state index contributed by atoms with van der Waals surface area (Å²) in [6.07, 6.45) is 6.04. The van der Waals surface area contributed by atoms with Gasteiger partial charge in [-0.1, -0.05) is 24.3 Å². The summed E-state index contributed by atoms with van der Waals surface area (Å²) < 4.78 is 0. The van der Waals surface area contributed by atoms with Gasteiger partial charge in [-0.25, -0.2) is 0 Å². The molecular weight excluding hydrogens is 260 g/mol. The van der Waals surface area contributed by atoms with Gasteiger partial charge in [0.05, 0.1) is 17.1 Å². The number of piperidine rings is 1. The van der Waals surface area contributed by atoms with E-state index in [4.69, 9.17) is 0 Å². The third kappa shape index (κ3) is 1.93. The van der Waals surface area contributed by atoms with E-state index >= 15 is 0 Å². The van der Waals surface area contributed by atoms with Crippen LogP contribution in [0.5, 0.6) is 0 Å². The maximum Gasteiger partial charge on any atom is 0.0926 e. The highest BCUT2D eigenvalue weighted by molar-refractivity contribution is 5.41. The van der Waals surface area contributed by atoms with Crippen molar-refractivity contribution in [2.24, 2.45) is 0 Å². The fourth-order valence-electron chi connectivity index (χ4n) is 4.37. The molecule has 0 amide bonds. The topological polar surface area (TPSA) is 47.3 Å². The molecule has 1 aromatic rings. The van der Waals surface area contributed by atoms with Crippen LogP contribution >= 0.6 is 0 Å². The number of rotatable bonds is 2. The Bertz CT molecular complexity index is 583. The molecule has 110 valence electrons. The number of fused-ring (bicyclic) bond motifs is 2. The van der Waals surface area contributed by atoms with E-state index in [1.807, 2.05) is 0 Å². The van der Waals surface area contributed by atoms with Crippen LogP contribution in [0.1, 0.15) is 49.7 Å². The molecule has 2 bridgehead atoms. The Hall–Kier alpha value is -1.37. The van der Waals surface area contributed by atoms with Gasteiger partial charge in [-0.15, -0.1) is 0 Å². The van der Waals surface area contributed by atoms with Crippen molar-refractivity contribution in [1.82, 2.24) is 4.90 Å². The van der Waals surface area contributed by atoms with Gasteiger partial charge in [0.2, 0.25) is 0 Å². The van der Waals surface area contributed by atoms with Gasteiger partial charge in [0, 0.05) is 12.1 Å². The number of hydrogen-bond acceptors (Lipinski definition) is 3. The minimum Gasteiger partial charge on any atom is -0.385 e. The molecule has 2 aliphatic heterocycles. The van der Waals surface area contributed by atoms with Crippen LogP contribution in [0.25, 0.3) is 0 Å². The Morgan fingerprint density at radius 3 is 2.10 bits per heavy atom. The average molecular weight is 282 g/mol. The summed E-state index contributed by atoms with van der Waals surface area (Å²) in [5.41, 5.74) is 1.24. The van der Waals surface area contributed by atoms with Crippen molar-refractivity contribution in [3.05, 3.63) is 35.4 Å². The van der Waals surface area contributed by atoms with E-state index in [1.165, 1.54) is 12.8 Å². The largest absolute Gasteiger partial charge is 0.385 e. The predicted octanol–water partition coefficient (Wildman–Crippen LogP) is 2.69. The fourth-order valence-corrected chi connectivity index (χ4v) is 4.37. The Morgan fingerprint density at radius 1 is 1.10 bits per heavy atom. The third-order valence-electron chi connectivity index (χ3n) is 6.07. The van der Waals surface area contributed by atoms with Gasteiger partial charge in [0.15, 0.2) is 0 Å². The monoisotopic (exact) mass is 282 g/mol. The first-order chi connectivity index (χ1) is 10.1. The van der Waals surface area contributed by atoms with Gasteiger partial charge in [-0.2, -0.15) is 5.26 Å². The first kappa shape index (κ1) is 13.3. The summed E-state index contributed by atoms with van der Waals surface area (Å²) in [6.45, 7) is 0. The number of nitriles is 1. The molecular formula is C18H22N2O. The van der Waals surface area contributed by atoms with Crippen molar-refractivity contribution in [2.75, 3.05) is 7.05 Å². The van der Waals surface area contributed by atoms with Crippen LogP contribution in [0.2, 0.25) is 0 Å². The Balaban J connectivity index is 1.61. The molecule has 1 aliphatic carbocycles. The third-order valence-corrected chi connectivity index (χ3v) is 6.07. The molecule has 3 nitrogen and oxygen atoms in total. The first-order valence-corrected chi connectivity index (χ1v) is 8.03. The minimum absolute atomic E-state index is 0.229. The van der Waals surface area contributed by atoms with Gasteiger partial charge in [-0.3, -0.25) is 0 Å². The normalized spacial score (nSPS) is 37.2. The fraction of sp³-hybridized carbons (Fsp3) is 0.611. The number of aliphatic hydroxyl groups is 1. The van der Waals surface area contributed by atoms with Gasteiger partial charge >= 0.3 is 0 Å². The van der Waals surface area contributed by atoms with Crippen molar-refractivity contribution in [2.45, 2.75) is 61.6 Å². The molecule has 3 fully saturated rings. The number of hydrogen-bond donors (Lipinski definition) is 1. The molecule has 21 heavy (non-hydrogen) atoms. The molecule has 0 spiro atoms. The van der Waals surface area contributed by atoms with Crippen LogP contribution in [-0.2, 0) is 11.0 Å². The van der Waals surface area contributed by atoms with E-state index in [-0.39, 0.29) is 5.41 Å². The van der Waals surface area contributed by atoms with Crippen molar-refractivity contribution in [3.63, 3.8) is 0 Å². The highest BCUT2D eigenvalue weighted by Crippen LogP contribution is 2.49. The maximum atomic E-state index is 11.1. The zero-order valence-corrected chi connectivity index (χ0v) is 12.5. The lowest BCUT2D eigenvalue weighted by atomic mass is 9.80. The first-order valence-electron chi connectivity index (χ1n) is 8.03. The van der Waals surface area contributed by atoms with Crippen LogP contribution in [0.15, 0.2) is 24.3 Å². The highest BCUT2D eigenvalue weighted by Gasteiger charge is 2.48. The lowest BCUT2D eigenvalue weighted by Crippen LogP contribution is -2.47. The molecule has 3 heteroatoms. The van der Waals surface area contributed by atoms with Crippen molar-refractivity contribution < 1.29 is 5.11 Å². The van der Waals surface area contributed by atoms with Gasteiger partial charge in [0.1, 0.15) is 0 Å². The summed E-state index contributed by atoms with van der Waals surface area (Å²) in [5.74, 6) is 0. The SMILES string of the molecule is CN1C2CCC1CC(O)(c1ccc(C3(C#N)CC3)cc1)C2. The molecule has 2 unspecified atom stereocenters. The van der Waals surface area contributed by atoms with Crippen LogP contribution in [0, 0.1) is 11.3 Å². The van der Waals surface area contributed by atoms with Gasteiger partial charge in [-0.05, 0) is 56.7 Å². The Morgan fingerprint density at radius 2 is 1.62 bits per heavy atom. The average Bonchev–Trinajstić information content (AvgIpc) is 3.26. The quantitative estimate of drug-likeness (QED) is 0.907. The molecule has 0 aromatic heterocycles. The zero-order valence-electron chi connectivity index (χ0n) is 12.5. The molecule has 2 heterocycles. The summed E-state index contributed by atoms with van der Waals surface area (Å²) >= 11 is 0. The molecule has 1 N–H and O–H groups in total.